The van der Waals surface area contributed by atoms with Crippen LogP contribution in [0.3, 0.4) is 0 Å². The van der Waals surface area contributed by atoms with Crippen LogP contribution in [0.15, 0.2) is 18.3 Å². The third-order valence-corrected chi connectivity index (χ3v) is 5.54. The minimum absolute atomic E-state index is 0.0791. The molecular formula is C18H25N3O4. The lowest BCUT2D eigenvalue weighted by Gasteiger charge is -2.40. The van der Waals surface area contributed by atoms with Crippen LogP contribution < -0.4 is 4.90 Å². The first-order valence-electron chi connectivity index (χ1n) is 8.85. The van der Waals surface area contributed by atoms with Crippen LogP contribution in [0.1, 0.15) is 43.0 Å². The molecule has 2 aliphatic rings. The van der Waals surface area contributed by atoms with Gasteiger partial charge < -0.3 is 15.1 Å². The predicted molar refractivity (Wildman–Crippen MR) is 93.0 cm³/mol. The second-order valence-electron chi connectivity index (χ2n) is 7.23. The average Bonchev–Trinajstić information content (AvgIpc) is 2.94. The third-order valence-electron chi connectivity index (χ3n) is 5.54. The van der Waals surface area contributed by atoms with Gasteiger partial charge in [0, 0.05) is 25.8 Å². The maximum Gasteiger partial charge on any atom is 0.337 e. The summed E-state index contributed by atoms with van der Waals surface area (Å²) in [6.45, 7) is 5.42. The fourth-order valence-corrected chi connectivity index (χ4v) is 4.18. The highest BCUT2D eigenvalue weighted by Crippen LogP contribution is 2.44. The van der Waals surface area contributed by atoms with Crippen molar-refractivity contribution >= 4 is 17.8 Å². The second kappa shape index (κ2) is 7.00. The summed E-state index contributed by atoms with van der Waals surface area (Å²) in [5.41, 5.74) is 0.267. The van der Waals surface area contributed by atoms with E-state index >= 15 is 0 Å². The van der Waals surface area contributed by atoms with Gasteiger partial charge in [0.15, 0.2) is 0 Å². The number of aliphatic carboxylic acids is 1. The Morgan fingerprint density at radius 2 is 2.00 bits per heavy atom. The highest BCUT2D eigenvalue weighted by Gasteiger charge is 2.47. The van der Waals surface area contributed by atoms with E-state index in [-0.39, 0.29) is 17.0 Å². The Kier molecular flexibility index (Phi) is 4.94. The smallest absolute Gasteiger partial charge is 0.337 e. The van der Waals surface area contributed by atoms with Gasteiger partial charge in [-0.15, -0.1) is 0 Å². The maximum absolute atomic E-state index is 11.6. The highest BCUT2D eigenvalue weighted by molar-refractivity contribution is 5.87. The van der Waals surface area contributed by atoms with Gasteiger partial charge in [0.1, 0.15) is 11.9 Å². The molecule has 1 atom stereocenters. The molecule has 7 heteroatoms. The van der Waals surface area contributed by atoms with Crippen molar-refractivity contribution in [1.82, 2.24) is 9.88 Å². The van der Waals surface area contributed by atoms with Gasteiger partial charge >= 0.3 is 11.9 Å². The summed E-state index contributed by atoms with van der Waals surface area (Å²) in [7, 11) is 0. The van der Waals surface area contributed by atoms with Crippen molar-refractivity contribution in [2.45, 2.75) is 38.6 Å². The van der Waals surface area contributed by atoms with Gasteiger partial charge in [0.25, 0.3) is 0 Å². The molecule has 1 aromatic rings. The Bertz CT molecular complexity index is 638. The topological polar surface area (TPSA) is 94.0 Å². The molecule has 2 N–H and O–H groups in total. The van der Waals surface area contributed by atoms with Crippen molar-refractivity contribution in [3.05, 3.63) is 23.9 Å². The van der Waals surface area contributed by atoms with Gasteiger partial charge in [-0.3, -0.25) is 9.69 Å². The van der Waals surface area contributed by atoms with Crippen molar-refractivity contribution in [3.63, 3.8) is 0 Å². The van der Waals surface area contributed by atoms with Crippen LogP contribution >= 0.6 is 0 Å². The largest absolute Gasteiger partial charge is 0.480 e. The van der Waals surface area contributed by atoms with E-state index in [1.165, 1.54) is 6.20 Å². The highest BCUT2D eigenvalue weighted by atomic mass is 16.4. The fraction of sp³-hybridized carbons (Fsp3) is 0.611. The number of piperidine rings is 1. The average molecular weight is 347 g/mol. The zero-order valence-electron chi connectivity index (χ0n) is 14.5. The molecule has 1 spiro atoms. The molecule has 0 bridgehead atoms. The molecule has 1 aromatic heterocycles. The molecule has 2 saturated heterocycles. The van der Waals surface area contributed by atoms with Crippen molar-refractivity contribution in [3.8, 4) is 0 Å². The Balaban J connectivity index is 1.65. The van der Waals surface area contributed by atoms with Crippen LogP contribution in [-0.2, 0) is 4.79 Å². The minimum atomic E-state index is -0.974. The number of carbonyl (C=O) groups is 2. The van der Waals surface area contributed by atoms with Crippen LogP contribution in [0.25, 0.3) is 0 Å². The number of aromatic nitrogens is 1. The van der Waals surface area contributed by atoms with Gasteiger partial charge in [-0.2, -0.15) is 0 Å². The lowest BCUT2D eigenvalue weighted by atomic mass is 9.76. The van der Waals surface area contributed by atoms with Gasteiger partial charge in [-0.1, -0.05) is 6.92 Å². The first kappa shape index (κ1) is 17.7. The molecule has 0 unspecified atom stereocenters. The Labute approximate surface area is 147 Å². The van der Waals surface area contributed by atoms with E-state index in [2.05, 4.69) is 21.7 Å². The van der Waals surface area contributed by atoms with E-state index in [1.807, 2.05) is 0 Å². The zero-order chi connectivity index (χ0) is 18.0. The molecule has 0 aromatic carbocycles. The molecule has 25 heavy (non-hydrogen) atoms. The van der Waals surface area contributed by atoms with Crippen LogP contribution in [0, 0.1) is 5.41 Å². The molecule has 7 nitrogen and oxygen atoms in total. The summed E-state index contributed by atoms with van der Waals surface area (Å²) in [6.07, 6.45) is 4.97. The number of aromatic carboxylic acids is 1. The normalized spacial score (nSPS) is 23.1. The van der Waals surface area contributed by atoms with Crippen molar-refractivity contribution in [2.75, 3.05) is 31.1 Å². The predicted octanol–water partition coefficient (Wildman–Crippen LogP) is 1.94. The molecule has 0 amide bonds. The maximum atomic E-state index is 11.6. The summed E-state index contributed by atoms with van der Waals surface area (Å²) in [5, 5.41) is 18.5. The monoisotopic (exact) mass is 347 g/mol. The number of carboxylic acids is 2. The molecule has 3 rings (SSSR count). The molecule has 2 aliphatic heterocycles. The summed E-state index contributed by atoms with van der Waals surface area (Å²) in [6, 6.07) is 2.97. The Morgan fingerprint density at radius 1 is 1.28 bits per heavy atom. The number of anilines is 1. The van der Waals surface area contributed by atoms with E-state index < -0.39 is 11.9 Å². The molecule has 136 valence electrons. The van der Waals surface area contributed by atoms with Crippen LogP contribution in [0.4, 0.5) is 5.82 Å². The third kappa shape index (κ3) is 3.61. The zero-order valence-corrected chi connectivity index (χ0v) is 14.5. The fourth-order valence-electron chi connectivity index (χ4n) is 4.18. The lowest BCUT2D eigenvalue weighted by molar-refractivity contribution is -0.142. The molecular weight excluding hydrogens is 322 g/mol. The SMILES string of the molecule is CCCN1CC2(CCN(c3ccc(C(=O)O)cn3)CC2)C[C@H]1C(=O)O. The number of hydrogen-bond donors (Lipinski definition) is 2. The van der Waals surface area contributed by atoms with E-state index in [9.17, 15) is 14.7 Å². The lowest BCUT2D eigenvalue weighted by Crippen LogP contribution is -2.42. The summed E-state index contributed by atoms with van der Waals surface area (Å²) < 4.78 is 0. The van der Waals surface area contributed by atoms with E-state index in [4.69, 9.17) is 5.11 Å². The van der Waals surface area contributed by atoms with E-state index in [0.717, 1.165) is 57.7 Å². The summed E-state index contributed by atoms with van der Waals surface area (Å²) in [5.74, 6) is -0.893. The summed E-state index contributed by atoms with van der Waals surface area (Å²) >= 11 is 0. The van der Waals surface area contributed by atoms with Crippen LogP contribution in [0.5, 0.6) is 0 Å². The van der Waals surface area contributed by atoms with Crippen LogP contribution in [0.2, 0.25) is 0 Å². The number of nitrogens with zero attached hydrogens (tertiary/aromatic N) is 3. The Morgan fingerprint density at radius 3 is 2.52 bits per heavy atom. The number of carboxylic acid groups (broad SMARTS) is 2. The molecule has 2 fully saturated rings. The number of likely N-dealkylation sites (tertiary alicyclic amines) is 1. The van der Waals surface area contributed by atoms with Gasteiger partial charge in [0.05, 0.1) is 5.56 Å². The standard InChI is InChI=1S/C18H25N3O4/c1-2-7-21-12-18(10-14(21)17(24)25)5-8-20(9-6-18)15-4-3-13(11-19-15)16(22)23/h3-4,11,14H,2,5-10,12H2,1H3,(H,22,23)(H,24,25)/t14-/m0/s1. The van der Waals surface area contributed by atoms with Crippen LogP contribution in [-0.4, -0.2) is 64.3 Å². The van der Waals surface area contributed by atoms with Crippen molar-refractivity contribution < 1.29 is 19.8 Å². The quantitative estimate of drug-likeness (QED) is 0.840. The van der Waals surface area contributed by atoms with Crippen molar-refractivity contribution in [1.29, 1.82) is 0 Å². The van der Waals surface area contributed by atoms with Gasteiger partial charge in [-0.25, -0.2) is 9.78 Å². The van der Waals surface area contributed by atoms with Gasteiger partial charge in [-0.05, 0) is 49.8 Å². The first-order chi connectivity index (χ1) is 11.9. The molecule has 0 aliphatic carbocycles. The molecule has 0 radical (unpaired) electrons. The van der Waals surface area contributed by atoms with E-state index in [1.54, 1.807) is 12.1 Å². The first-order valence-corrected chi connectivity index (χ1v) is 8.85. The second-order valence-corrected chi connectivity index (χ2v) is 7.23. The number of hydrogen-bond acceptors (Lipinski definition) is 5. The van der Waals surface area contributed by atoms with Crippen molar-refractivity contribution in [2.24, 2.45) is 5.41 Å². The minimum Gasteiger partial charge on any atom is -0.480 e. The van der Waals surface area contributed by atoms with E-state index in [0.29, 0.717) is 0 Å². The summed E-state index contributed by atoms with van der Waals surface area (Å²) in [4.78, 5) is 31.0. The number of rotatable bonds is 5. The molecule has 0 saturated carbocycles. The van der Waals surface area contributed by atoms with Gasteiger partial charge in [0.2, 0.25) is 0 Å². The number of pyridine rings is 1. The Hall–Kier alpha value is -2.15. The molecule has 3 heterocycles.